The Morgan fingerprint density at radius 3 is 3.27 bits per heavy atom. The lowest BCUT2D eigenvalue weighted by Gasteiger charge is -1.89. The van der Waals surface area contributed by atoms with Gasteiger partial charge in [0.25, 0.3) is 0 Å². The normalized spacial score (nSPS) is 10.5. The fourth-order valence-corrected chi connectivity index (χ4v) is 0.800. The molecule has 0 aliphatic rings. The van der Waals surface area contributed by atoms with Crippen LogP contribution in [0.25, 0.3) is 11.2 Å². The van der Waals surface area contributed by atoms with Crippen LogP contribution < -0.4 is 11.4 Å². The molecule has 0 amide bonds. The van der Waals surface area contributed by atoms with E-state index in [0.29, 0.717) is 5.58 Å². The Hall–Kier alpha value is -1.85. The Morgan fingerprint density at radius 2 is 2.45 bits per heavy atom. The lowest BCUT2D eigenvalue weighted by atomic mass is 10.5. The third-order valence-electron chi connectivity index (χ3n) is 1.24. The van der Waals surface area contributed by atoms with E-state index in [-0.39, 0.29) is 11.5 Å². The second-order valence-electron chi connectivity index (χ2n) is 1.96. The number of hydrogen-bond donors (Lipinski definition) is 2. The minimum atomic E-state index is -0.524. The number of anilines is 1. The summed E-state index contributed by atoms with van der Waals surface area (Å²) >= 11 is 0. The summed E-state index contributed by atoms with van der Waals surface area (Å²) in [5, 5.41) is 0. The van der Waals surface area contributed by atoms with Crippen LogP contribution >= 0.6 is 0 Å². The van der Waals surface area contributed by atoms with Gasteiger partial charge in [-0.25, -0.2) is 4.79 Å². The number of aromatic amines is 1. The zero-order valence-corrected chi connectivity index (χ0v) is 5.37. The number of nitrogens with one attached hydrogen (secondary N) is 1. The minimum absolute atomic E-state index is 0.150. The number of nitrogens with zero attached hydrogens (tertiary/aromatic N) is 2. The van der Waals surface area contributed by atoms with Crippen LogP contribution in [0, 0.1) is 0 Å². The van der Waals surface area contributed by atoms with Crippen molar-refractivity contribution in [1.29, 1.82) is 0 Å². The van der Waals surface area contributed by atoms with E-state index in [0.717, 1.165) is 0 Å². The van der Waals surface area contributed by atoms with Gasteiger partial charge in [0.15, 0.2) is 12.2 Å². The first-order valence-electron chi connectivity index (χ1n) is 2.86. The maximum absolute atomic E-state index is 10.7. The van der Waals surface area contributed by atoms with E-state index in [1.54, 1.807) is 0 Å². The highest BCUT2D eigenvalue weighted by atomic mass is 16.3. The summed E-state index contributed by atoms with van der Waals surface area (Å²) in [7, 11) is 0. The Morgan fingerprint density at radius 1 is 1.64 bits per heavy atom. The zero-order chi connectivity index (χ0) is 7.84. The molecular formula is C5H4N4O2. The average Bonchev–Trinajstić information content (AvgIpc) is 2.34. The summed E-state index contributed by atoms with van der Waals surface area (Å²) in [5.74, 6) is 0.150. The number of H-pyrrole nitrogens is 1. The molecule has 0 aliphatic heterocycles. The maximum atomic E-state index is 10.7. The summed E-state index contributed by atoms with van der Waals surface area (Å²) in [6.45, 7) is 0. The van der Waals surface area contributed by atoms with Crippen molar-refractivity contribution in [2.45, 2.75) is 0 Å². The molecular weight excluding hydrogens is 148 g/mol. The van der Waals surface area contributed by atoms with Gasteiger partial charge in [-0.3, -0.25) is 4.98 Å². The van der Waals surface area contributed by atoms with Gasteiger partial charge in [-0.1, -0.05) is 0 Å². The quantitative estimate of drug-likeness (QED) is 0.530. The molecule has 2 heterocycles. The van der Waals surface area contributed by atoms with Crippen molar-refractivity contribution in [2.24, 2.45) is 0 Å². The molecule has 6 nitrogen and oxygen atoms in total. The van der Waals surface area contributed by atoms with E-state index >= 15 is 0 Å². The second kappa shape index (κ2) is 1.82. The molecule has 0 aromatic carbocycles. The van der Waals surface area contributed by atoms with Crippen molar-refractivity contribution in [3.8, 4) is 0 Å². The molecule has 0 bridgehead atoms. The molecule has 0 aliphatic carbocycles. The molecule has 0 unspecified atom stereocenters. The summed E-state index contributed by atoms with van der Waals surface area (Å²) in [5.41, 5.74) is 5.39. The van der Waals surface area contributed by atoms with Gasteiger partial charge in [0.05, 0.1) is 0 Å². The van der Waals surface area contributed by atoms with Crippen LogP contribution in [-0.4, -0.2) is 15.0 Å². The average molecular weight is 152 g/mol. The predicted octanol–water partition coefficient (Wildman–Crippen LogP) is -0.507. The Kier molecular flexibility index (Phi) is 0.974. The number of fused-ring (bicyclic) bond motifs is 1. The number of hydrogen-bond acceptors (Lipinski definition) is 5. The van der Waals surface area contributed by atoms with Crippen LogP contribution in [0.3, 0.4) is 0 Å². The molecule has 0 fully saturated rings. The van der Waals surface area contributed by atoms with Crippen molar-refractivity contribution in [1.82, 2.24) is 15.0 Å². The second-order valence-corrected chi connectivity index (χ2v) is 1.96. The van der Waals surface area contributed by atoms with Crippen molar-refractivity contribution in [3.05, 3.63) is 16.9 Å². The highest BCUT2D eigenvalue weighted by Crippen LogP contribution is 2.11. The Balaban J connectivity index is 3.02. The van der Waals surface area contributed by atoms with Gasteiger partial charge in [-0.15, -0.1) is 0 Å². The molecule has 0 spiro atoms. The first kappa shape index (κ1) is 5.90. The van der Waals surface area contributed by atoms with Crippen LogP contribution in [0.15, 0.2) is 15.6 Å². The van der Waals surface area contributed by atoms with E-state index in [1.807, 2.05) is 0 Å². The number of nitrogen functional groups attached to an aromatic ring is 1. The van der Waals surface area contributed by atoms with E-state index in [4.69, 9.17) is 10.2 Å². The first-order valence-corrected chi connectivity index (χ1v) is 2.86. The van der Waals surface area contributed by atoms with E-state index in [2.05, 4.69) is 15.0 Å². The van der Waals surface area contributed by atoms with Gasteiger partial charge < -0.3 is 10.2 Å². The van der Waals surface area contributed by atoms with Gasteiger partial charge in [-0.05, 0) is 0 Å². The van der Waals surface area contributed by atoms with Crippen molar-refractivity contribution in [2.75, 3.05) is 5.73 Å². The molecule has 2 aromatic rings. The largest absolute Gasteiger partial charge is 0.438 e. The lowest BCUT2D eigenvalue weighted by Crippen LogP contribution is -2.12. The molecule has 0 radical (unpaired) electrons. The van der Waals surface area contributed by atoms with Gasteiger partial charge in [-0.2, -0.15) is 9.97 Å². The summed E-state index contributed by atoms with van der Waals surface area (Å²) < 4.78 is 4.83. The predicted molar refractivity (Wildman–Crippen MR) is 36.8 cm³/mol. The van der Waals surface area contributed by atoms with Gasteiger partial charge in [0, 0.05) is 0 Å². The number of nitrogens with two attached hydrogens (primary N) is 1. The molecule has 56 valence electrons. The summed E-state index contributed by atoms with van der Waals surface area (Å²) in [4.78, 5) is 20.1. The molecule has 3 N–H and O–H groups in total. The van der Waals surface area contributed by atoms with Gasteiger partial charge >= 0.3 is 5.69 Å². The molecule has 0 atom stereocenters. The molecule has 6 heteroatoms. The Bertz CT molecular complexity index is 443. The first-order chi connectivity index (χ1) is 5.27. The monoisotopic (exact) mass is 152 g/mol. The van der Waals surface area contributed by atoms with Crippen molar-refractivity contribution < 1.29 is 4.42 Å². The molecule has 2 rings (SSSR count). The van der Waals surface area contributed by atoms with Crippen molar-refractivity contribution >= 4 is 17.0 Å². The van der Waals surface area contributed by atoms with Crippen LogP contribution in [0.4, 0.5) is 5.82 Å². The van der Waals surface area contributed by atoms with Crippen LogP contribution in [-0.2, 0) is 0 Å². The van der Waals surface area contributed by atoms with E-state index in [9.17, 15) is 4.79 Å². The van der Waals surface area contributed by atoms with E-state index in [1.165, 1.54) is 6.39 Å². The maximum Gasteiger partial charge on any atom is 0.348 e. The van der Waals surface area contributed by atoms with Crippen LogP contribution in [0.1, 0.15) is 0 Å². The lowest BCUT2D eigenvalue weighted by molar-refractivity contribution is 0.602. The van der Waals surface area contributed by atoms with Crippen molar-refractivity contribution in [3.63, 3.8) is 0 Å². The summed E-state index contributed by atoms with van der Waals surface area (Å²) in [6, 6.07) is 0. The van der Waals surface area contributed by atoms with Gasteiger partial charge in [0.1, 0.15) is 0 Å². The fourth-order valence-electron chi connectivity index (χ4n) is 0.800. The molecule has 0 saturated carbocycles. The highest BCUT2D eigenvalue weighted by Gasteiger charge is 2.04. The summed E-state index contributed by atoms with van der Waals surface area (Å²) in [6.07, 6.45) is 1.18. The number of rotatable bonds is 0. The minimum Gasteiger partial charge on any atom is -0.438 e. The topological polar surface area (TPSA) is 97.8 Å². The number of aromatic nitrogens is 3. The zero-order valence-electron chi connectivity index (χ0n) is 5.37. The smallest absolute Gasteiger partial charge is 0.348 e. The SMILES string of the molecule is Nc1[nH]c(=O)nc2ncoc12. The molecule has 0 saturated heterocycles. The van der Waals surface area contributed by atoms with E-state index < -0.39 is 5.69 Å². The van der Waals surface area contributed by atoms with Gasteiger partial charge in [0.2, 0.25) is 11.2 Å². The Labute approximate surface area is 60.1 Å². The molecule has 11 heavy (non-hydrogen) atoms. The third kappa shape index (κ3) is 0.759. The third-order valence-corrected chi connectivity index (χ3v) is 1.24. The fraction of sp³-hybridized carbons (Fsp3) is 0. The standard InChI is InChI=1S/C5H4N4O2/c6-3-2-4(7-1-11-2)9-5(10)8-3/h1H,(H3,6,8,9,10). The van der Waals surface area contributed by atoms with Crippen LogP contribution in [0.2, 0.25) is 0 Å². The van der Waals surface area contributed by atoms with Crippen LogP contribution in [0.5, 0.6) is 0 Å². The highest BCUT2D eigenvalue weighted by molar-refractivity contribution is 5.77. The number of oxazole rings is 1. The molecule has 2 aromatic heterocycles.